The van der Waals surface area contributed by atoms with E-state index in [4.69, 9.17) is 4.74 Å². The normalized spacial score (nSPS) is 11.9. The molecule has 1 heterocycles. The third-order valence-electron chi connectivity index (χ3n) is 7.40. The van der Waals surface area contributed by atoms with E-state index in [2.05, 4.69) is 5.32 Å². The Labute approximate surface area is 244 Å². The van der Waals surface area contributed by atoms with Gasteiger partial charge in [0.15, 0.2) is 0 Å². The zero-order chi connectivity index (χ0) is 31.0. The minimum Gasteiger partial charge on any atom is -0.467 e. The van der Waals surface area contributed by atoms with Gasteiger partial charge in [-0.3, -0.25) is 14.2 Å². The molecule has 0 aliphatic rings. The van der Waals surface area contributed by atoms with Crippen molar-refractivity contribution in [2.45, 2.75) is 12.5 Å². The van der Waals surface area contributed by atoms with Crippen molar-refractivity contribution in [3.63, 3.8) is 0 Å². The van der Waals surface area contributed by atoms with Crippen LogP contribution in [0.4, 0.5) is 14.5 Å². The van der Waals surface area contributed by atoms with Crippen molar-refractivity contribution in [3.8, 4) is 5.69 Å². The van der Waals surface area contributed by atoms with Gasteiger partial charge in [0.05, 0.1) is 23.7 Å². The molecule has 43 heavy (non-hydrogen) atoms. The van der Waals surface area contributed by atoms with Crippen molar-refractivity contribution in [2.75, 3.05) is 26.1 Å². The fourth-order valence-electron chi connectivity index (χ4n) is 5.17. The number of amides is 1. The summed E-state index contributed by atoms with van der Waals surface area (Å²) in [5, 5.41) is 3.87. The second kappa shape index (κ2) is 11.5. The Morgan fingerprint density at radius 1 is 0.907 bits per heavy atom. The molecule has 5 rings (SSSR count). The minimum atomic E-state index is -1.30. The number of nitrogens with zero attached hydrogens (tertiary/aromatic N) is 3. The third kappa shape index (κ3) is 5.25. The van der Waals surface area contributed by atoms with Gasteiger partial charge in [0.25, 0.3) is 11.5 Å². The molecule has 0 aliphatic carbocycles. The Morgan fingerprint density at radius 2 is 1.56 bits per heavy atom. The zero-order valence-corrected chi connectivity index (χ0v) is 23.9. The molecule has 5 aromatic rings. The fourth-order valence-corrected chi connectivity index (χ4v) is 5.17. The molecular formula is C32H28F2N4O5. The molecule has 1 N–H and O–H groups in total. The van der Waals surface area contributed by atoms with Gasteiger partial charge in [-0.05, 0) is 47.3 Å². The van der Waals surface area contributed by atoms with E-state index in [1.54, 1.807) is 55.6 Å². The van der Waals surface area contributed by atoms with Crippen LogP contribution < -0.4 is 21.5 Å². The van der Waals surface area contributed by atoms with E-state index in [1.807, 2.05) is 25.1 Å². The van der Waals surface area contributed by atoms with Gasteiger partial charge in [-0.25, -0.2) is 22.9 Å². The maximum Gasteiger partial charge on any atom is 0.335 e. The van der Waals surface area contributed by atoms with Crippen molar-refractivity contribution in [2.24, 2.45) is 7.05 Å². The first-order valence-electron chi connectivity index (χ1n) is 13.3. The molecule has 1 atom stereocenters. The van der Waals surface area contributed by atoms with E-state index < -0.39 is 46.4 Å². The first-order chi connectivity index (χ1) is 20.5. The third-order valence-corrected chi connectivity index (χ3v) is 7.40. The van der Waals surface area contributed by atoms with Gasteiger partial charge >= 0.3 is 11.7 Å². The van der Waals surface area contributed by atoms with Crippen molar-refractivity contribution < 1.29 is 23.1 Å². The van der Waals surface area contributed by atoms with Crippen molar-refractivity contribution in [3.05, 3.63) is 116 Å². The van der Waals surface area contributed by atoms with Gasteiger partial charge in [-0.2, -0.15) is 0 Å². The van der Waals surface area contributed by atoms with Crippen LogP contribution in [0.25, 0.3) is 27.4 Å². The molecule has 1 aromatic heterocycles. The molecule has 220 valence electrons. The molecule has 0 saturated heterocycles. The summed E-state index contributed by atoms with van der Waals surface area (Å²) >= 11 is 0. The lowest BCUT2D eigenvalue weighted by Gasteiger charge is -2.19. The number of aromatic nitrogens is 2. The molecule has 4 aromatic carbocycles. The van der Waals surface area contributed by atoms with Crippen molar-refractivity contribution in [1.29, 1.82) is 0 Å². The number of hydrogen-bond acceptors (Lipinski definition) is 6. The maximum atomic E-state index is 14.3. The monoisotopic (exact) mass is 586 g/mol. The summed E-state index contributed by atoms with van der Waals surface area (Å²) in [6.45, 7) is 0. The van der Waals surface area contributed by atoms with E-state index >= 15 is 0 Å². The van der Waals surface area contributed by atoms with Crippen LogP contribution in [-0.4, -0.2) is 48.3 Å². The van der Waals surface area contributed by atoms with E-state index in [0.717, 1.165) is 35.6 Å². The number of carbonyl (C=O) groups is 2. The van der Waals surface area contributed by atoms with Gasteiger partial charge < -0.3 is 15.0 Å². The number of halogens is 2. The number of ether oxygens (including phenoxy) is 1. The second-order valence-electron chi connectivity index (χ2n) is 10.2. The lowest BCUT2D eigenvalue weighted by Crippen LogP contribution is -2.43. The van der Waals surface area contributed by atoms with E-state index in [9.17, 15) is 28.0 Å². The number of esters is 1. The predicted molar refractivity (Wildman–Crippen MR) is 160 cm³/mol. The fraction of sp³-hybridized carbons (Fsp3) is 0.188. The Hall–Kier alpha value is -5.32. The SMILES string of the molecule is COC(=O)[C@H](Cc1cccc2c(-n3c(=O)c4cc(N(C)C)ccc4n(C)c3=O)cccc12)NC(=O)c1c(F)cccc1F. The lowest BCUT2D eigenvalue weighted by atomic mass is 9.97. The smallest absolute Gasteiger partial charge is 0.335 e. The zero-order valence-electron chi connectivity index (χ0n) is 23.9. The number of carbonyl (C=O) groups excluding carboxylic acids is 2. The van der Waals surface area contributed by atoms with Crippen molar-refractivity contribution in [1.82, 2.24) is 14.5 Å². The van der Waals surface area contributed by atoms with Crippen LogP contribution in [0.3, 0.4) is 0 Å². The topological polar surface area (TPSA) is 103 Å². The number of anilines is 1. The number of benzene rings is 4. The summed E-state index contributed by atoms with van der Waals surface area (Å²) in [7, 11) is 6.43. The number of rotatable bonds is 7. The molecular weight excluding hydrogens is 558 g/mol. The minimum absolute atomic E-state index is 0.105. The van der Waals surface area contributed by atoms with Gasteiger partial charge in [-0.1, -0.05) is 36.4 Å². The van der Waals surface area contributed by atoms with E-state index in [0.29, 0.717) is 32.9 Å². The van der Waals surface area contributed by atoms with Crippen LogP contribution >= 0.6 is 0 Å². The molecule has 0 unspecified atom stereocenters. The average Bonchev–Trinajstić information content (AvgIpc) is 2.99. The number of nitrogens with one attached hydrogen (secondary N) is 1. The first-order valence-corrected chi connectivity index (χ1v) is 13.3. The molecule has 9 nitrogen and oxygen atoms in total. The summed E-state index contributed by atoms with van der Waals surface area (Å²) in [5.41, 5.74) is 0.312. The van der Waals surface area contributed by atoms with Crippen LogP contribution in [0, 0.1) is 11.6 Å². The highest BCUT2D eigenvalue weighted by Gasteiger charge is 2.27. The quantitative estimate of drug-likeness (QED) is 0.292. The lowest BCUT2D eigenvalue weighted by molar-refractivity contribution is -0.142. The van der Waals surface area contributed by atoms with Crippen LogP contribution in [0.1, 0.15) is 15.9 Å². The van der Waals surface area contributed by atoms with Gasteiger partial charge in [0.1, 0.15) is 23.2 Å². The largest absolute Gasteiger partial charge is 0.467 e. The molecule has 1 amide bonds. The molecule has 0 saturated carbocycles. The highest BCUT2D eigenvalue weighted by molar-refractivity contribution is 5.98. The van der Waals surface area contributed by atoms with Crippen LogP contribution in [0.2, 0.25) is 0 Å². The van der Waals surface area contributed by atoms with Crippen molar-refractivity contribution >= 4 is 39.2 Å². The summed E-state index contributed by atoms with van der Waals surface area (Å²) in [5.74, 6) is -4.09. The molecule has 0 bridgehead atoms. The average molecular weight is 587 g/mol. The second-order valence-corrected chi connectivity index (χ2v) is 10.2. The summed E-state index contributed by atoms with van der Waals surface area (Å²) in [4.78, 5) is 54.7. The number of fused-ring (bicyclic) bond motifs is 2. The van der Waals surface area contributed by atoms with E-state index in [1.165, 1.54) is 4.57 Å². The number of hydrogen-bond donors (Lipinski definition) is 1. The highest BCUT2D eigenvalue weighted by Crippen LogP contribution is 2.26. The van der Waals surface area contributed by atoms with Crippen LogP contribution in [-0.2, 0) is 23.0 Å². The standard InChI is InChI=1S/C32H28F2N4O5/c1-36(2)19-14-15-26-22(17-19)30(40)38(32(42)37(26)3)27-13-6-9-20-18(8-5-10-21(20)27)16-25(31(41)43-4)35-29(39)28-23(33)11-7-12-24(28)34/h5-15,17,25H,16H2,1-4H3,(H,35,39)/t25-/m0/s1. The van der Waals surface area contributed by atoms with Gasteiger partial charge in [-0.15, -0.1) is 0 Å². The molecule has 0 spiro atoms. The first kappa shape index (κ1) is 29.2. The van der Waals surface area contributed by atoms with Gasteiger partial charge in [0, 0.05) is 38.6 Å². The Morgan fingerprint density at radius 3 is 2.23 bits per heavy atom. The van der Waals surface area contributed by atoms with Crippen LogP contribution in [0.15, 0.2) is 82.4 Å². The maximum absolute atomic E-state index is 14.3. The highest BCUT2D eigenvalue weighted by atomic mass is 19.1. The number of aryl methyl sites for hydroxylation is 1. The van der Waals surface area contributed by atoms with Gasteiger partial charge in [0.2, 0.25) is 0 Å². The molecule has 11 heteroatoms. The summed E-state index contributed by atoms with van der Waals surface area (Å²) < 4.78 is 35.9. The molecule has 0 aliphatic heterocycles. The molecule has 0 fully saturated rings. The Kier molecular flexibility index (Phi) is 7.81. The Balaban J connectivity index is 1.62. The predicted octanol–water partition coefficient (Wildman–Crippen LogP) is 3.70. The summed E-state index contributed by atoms with van der Waals surface area (Å²) in [6, 6.07) is 17.2. The van der Waals surface area contributed by atoms with E-state index in [-0.39, 0.29) is 6.42 Å². The van der Waals surface area contributed by atoms with Crippen LogP contribution in [0.5, 0.6) is 0 Å². The molecule has 0 radical (unpaired) electrons. The Bertz CT molecular complexity index is 2010. The summed E-state index contributed by atoms with van der Waals surface area (Å²) in [6.07, 6.45) is -0.105. The number of methoxy groups -OCH3 is 1.